The average Bonchev–Trinajstić information content (AvgIpc) is 2.61. The van der Waals surface area contributed by atoms with Gasteiger partial charge in [-0.2, -0.15) is 0 Å². The highest BCUT2D eigenvalue weighted by Gasteiger charge is 2.34. The first kappa shape index (κ1) is 16.1. The van der Waals surface area contributed by atoms with E-state index in [-0.39, 0.29) is 11.9 Å². The van der Waals surface area contributed by atoms with E-state index in [0.717, 1.165) is 25.2 Å². The molecule has 2 aromatic rings. The zero-order valence-corrected chi connectivity index (χ0v) is 14.1. The first-order valence-corrected chi connectivity index (χ1v) is 9.06. The normalized spacial score (nSPS) is 26.2. The molecule has 2 saturated carbocycles. The van der Waals surface area contributed by atoms with Crippen molar-refractivity contribution in [1.29, 1.82) is 0 Å². The van der Waals surface area contributed by atoms with Gasteiger partial charge in [0, 0.05) is 12.2 Å². The Bertz CT molecular complexity index is 863. The smallest absolute Gasteiger partial charge is 0.361 e. The Hall–Kier alpha value is -2.44. The molecule has 0 aromatic carbocycles. The zero-order chi connectivity index (χ0) is 17.4. The minimum atomic E-state index is -0.635. The van der Waals surface area contributed by atoms with Crippen molar-refractivity contribution in [2.24, 2.45) is 11.8 Å². The first-order valence-electron chi connectivity index (χ1n) is 9.06. The molecule has 3 unspecified atom stereocenters. The Balaban J connectivity index is 1.65. The molecule has 2 fully saturated rings. The number of nitrogens with zero attached hydrogens (tertiary/aromatic N) is 3. The molecule has 0 bridgehead atoms. The second-order valence-corrected chi connectivity index (χ2v) is 7.26. The molecule has 0 spiro atoms. The molecular weight excluding hydrogens is 320 g/mol. The van der Waals surface area contributed by atoms with Crippen LogP contribution in [0.5, 0.6) is 0 Å². The maximum Gasteiger partial charge on any atom is 0.376 e. The fourth-order valence-corrected chi connectivity index (χ4v) is 4.54. The van der Waals surface area contributed by atoms with Crippen molar-refractivity contribution < 1.29 is 4.92 Å². The van der Waals surface area contributed by atoms with Crippen LogP contribution in [0.15, 0.2) is 29.2 Å². The van der Waals surface area contributed by atoms with Crippen LogP contribution in [-0.2, 0) is 0 Å². The number of rotatable bonds is 3. The highest BCUT2D eigenvalue weighted by molar-refractivity contribution is 5.60. The number of hydrogen-bond acceptors (Lipinski definition) is 5. The van der Waals surface area contributed by atoms with Crippen molar-refractivity contribution in [3.63, 3.8) is 0 Å². The van der Waals surface area contributed by atoms with E-state index < -0.39 is 16.2 Å². The maximum atomic E-state index is 12.5. The molecule has 7 heteroatoms. The van der Waals surface area contributed by atoms with Crippen LogP contribution < -0.4 is 10.9 Å². The van der Waals surface area contributed by atoms with Gasteiger partial charge in [0.2, 0.25) is 5.82 Å². The van der Waals surface area contributed by atoms with Crippen LogP contribution in [0, 0.1) is 22.0 Å². The number of nitro groups is 1. The Morgan fingerprint density at radius 1 is 1.16 bits per heavy atom. The van der Waals surface area contributed by atoms with E-state index in [1.54, 1.807) is 18.2 Å². The van der Waals surface area contributed by atoms with Crippen molar-refractivity contribution in [2.75, 3.05) is 5.32 Å². The Labute approximate surface area is 145 Å². The van der Waals surface area contributed by atoms with E-state index in [1.807, 2.05) is 0 Å². The summed E-state index contributed by atoms with van der Waals surface area (Å²) in [5.41, 5.74) is -0.675. The SMILES string of the molecule is O=c1c([N+](=O)[O-])c(NC2CCC3CCCCC3C2)nc2ccccn12. The first-order chi connectivity index (χ1) is 12.1. The molecule has 4 rings (SSSR count). The minimum absolute atomic E-state index is 0.112. The standard InChI is InChI=1S/C18H22N4O3/c23-18-16(22(24)25)17(20-15-7-3-4-10-21(15)18)19-14-9-8-12-5-1-2-6-13(12)11-14/h3-4,7,10,12-14,19H,1-2,5-6,8-9,11H2. The van der Waals surface area contributed by atoms with E-state index >= 15 is 0 Å². The van der Waals surface area contributed by atoms with Gasteiger partial charge in [-0.05, 0) is 43.2 Å². The fourth-order valence-electron chi connectivity index (χ4n) is 4.54. The van der Waals surface area contributed by atoms with E-state index in [2.05, 4.69) is 10.3 Å². The minimum Gasteiger partial charge on any atom is -0.361 e. The van der Waals surface area contributed by atoms with Crippen molar-refractivity contribution in [3.8, 4) is 0 Å². The second kappa shape index (κ2) is 6.46. The van der Waals surface area contributed by atoms with Crippen molar-refractivity contribution in [1.82, 2.24) is 9.38 Å². The second-order valence-electron chi connectivity index (χ2n) is 7.26. The van der Waals surface area contributed by atoms with Gasteiger partial charge < -0.3 is 5.32 Å². The van der Waals surface area contributed by atoms with Gasteiger partial charge in [0.1, 0.15) is 5.65 Å². The van der Waals surface area contributed by atoms with E-state index in [9.17, 15) is 14.9 Å². The molecule has 7 nitrogen and oxygen atoms in total. The van der Waals surface area contributed by atoms with Crippen LogP contribution in [0.2, 0.25) is 0 Å². The summed E-state index contributed by atoms with van der Waals surface area (Å²) in [6.45, 7) is 0. The molecule has 25 heavy (non-hydrogen) atoms. The quantitative estimate of drug-likeness (QED) is 0.682. The van der Waals surface area contributed by atoms with Gasteiger partial charge in [-0.1, -0.05) is 31.7 Å². The van der Waals surface area contributed by atoms with Crippen molar-refractivity contribution >= 4 is 17.2 Å². The lowest BCUT2D eigenvalue weighted by Crippen LogP contribution is -2.35. The summed E-state index contributed by atoms with van der Waals surface area (Å²) >= 11 is 0. The molecule has 0 amide bonds. The third kappa shape index (κ3) is 2.99. The van der Waals surface area contributed by atoms with Crippen LogP contribution in [0.3, 0.4) is 0 Å². The number of anilines is 1. The number of fused-ring (bicyclic) bond motifs is 2. The van der Waals surface area contributed by atoms with Crippen LogP contribution in [0.1, 0.15) is 44.9 Å². The molecule has 3 atom stereocenters. The summed E-state index contributed by atoms with van der Waals surface area (Å²) in [4.78, 5) is 27.7. The molecule has 0 radical (unpaired) electrons. The zero-order valence-electron chi connectivity index (χ0n) is 14.1. The number of hydrogen-bond donors (Lipinski definition) is 1. The molecule has 132 valence electrons. The lowest BCUT2D eigenvalue weighted by Gasteiger charge is -2.39. The van der Waals surface area contributed by atoms with Gasteiger partial charge in [0.25, 0.3) is 0 Å². The van der Waals surface area contributed by atoms with E-state index in [1.165, 1.54) is 36.3 Å². The fraction of sp³-hybridized carbons (Fsp3) is 0.556. The van der Waals surface area contributed by atoms with Gasteiger partial charge in [-0.25, -0.2) is 4.98 Å². The lowest BCUT2D eigenvalue weighted by molar-refractivity contribution is -0.385. The van der Waals surface area contributed by atoms with Gasteiger partial charge in [0.05, 0.1) is 4.92 Å². The number of pyridine rings is 1. The van der Waals surface area contributed by atoms with Crippen LogP contribution >= 0.6 is 0 Å². The van der Waals surface area contributed by atoms with Gasteiger partial charge in [-0.15, -0.1) is 0 Å². The largest absolute Gasteiger partial charge is 0.376 e. The van der Waals surface area contributed by atoms with Gasteiger partial charge in [-0.3, -0.25) is 19.3 Å². The molecule has 1 N–H and O–H groups in total. The highest BCUT2D eigenvalue weighted by atomic mass is 16.6. The lowest BCUT2D eigenvalue weighted by atomic mass is 9.69. The number of aromatic nitrogens is 2. The average molecular weight is 342 g/mol. The summed E-state index contributed by atoms with van der Waals surface area (Å²) in [5.74, 6) is 1.61. The van der Waals surface area contributed by atoms with Gasteiger partial charge >= 0.3 is 11.2 Å². The Morgan fingerprint density at radius 2 is 1.96 bits per heavy atom. The van der Waals surface area contributed by atoms with E-state index in [4.69, 9.17) is 0 Å². The summed E-state index contributed by atoms with van der Waals surface area (Å²) in [6.07, 6.45) is 9.83. The molecule has 2 aliphatic carbocycles. The molecule has 2 heterocycles. The third-order valence-electron chi connectivity index (χ3n) is 5.77. The highest BCUT2D eigenvalue weighted by Crippen LogP contribution is 2.41. The topological polar surface area (TPSA) is 89.5 Å². The maximum absolute atomic E-state index is 12.5. The van der Waals surface area contributed by atoms with Crippen LogP contribution in [0.4, 0.5) is 11.5 Å². The monoisotopic (exact) mass is 342 g/mol. The molecular formula is C18H22N4O3. The summed E-state index contributed by atoms with van der Waals surface area (Å²) in [7, 11) is 0. The summed E-state index contributed by atoms with van der Waals surface area (Å²) < 4.78 is 1.22. The Morgan fingerprint density at radius 3 is 2.76 bits per heavy atom. The predicted molar refractivity (Wildman–Crippen MR) is 94.8 cm³/mol. The van der Waals surface area contributed by atoms with E-state index in [0.29, 0.717) is 11.6 Å². The van der Waals surface area contributed by atoms with Crippen molar-refractivity contribution in [3.05, 3.63) is 44.9 Å². The Kier molecular flexibility index (Phi) is 4.15. The predicted octanol–water partition coefficient (Wildman–Crippen LogP) is 3.37. The molecule has 2 aliphatic rings. The van der Waals surface area contributed by atoms with Crippen molar-refractivity contribution in [2.45, 2.75) is 51.0 Å². The van der Waals surface area contributed by atoms with Gasteiger partial charge in [0.15, 0.2) is 0 Å². The van der Waals surface area contributed by atoms with Crippen LogP contribution in [0.25, 0.3) is 5.65 Å². The van der Waals surface area contributed by atoms with Crippen LogP contribution in [-0.4, -0.2) is 20.3 Å². The molecule has 0 aliphatic heterocycles. The third-order valence-corrected chi connectivity index (χ3v) is 5.77. The molecule has 0 saturated heterocycles. The molecule has 2 aromatic heterocycles. The summed E-state index contributed by atoms with van der Waals surface area (Å²) in [6, 6.07) is 5.27. The number of nitrogens with one attached hydrogen (secondary N) is 1. The summed E-state index contributed by atoms with van der Waals surface area (Å²) in [5, 5.41) is 14.7.